The lowest BCUT2D eigenvalue weighted by atomic mass is 9.94. The Morgan fingerprint density at radius 1 is 1.09 bits per heavy atom. The number of thiazole rings is 1. The molecule has 114 valence electrons. The molecule has 0 radical (unpaired) electrons. The van der Waals surface area contributed by atoms with Gasteiger partial charge in [0.2, 0.25) is 5.13 Å². The molecular formula is C18H12Cl2N2S. The molecule has 0 bridgehead atoms. The summed E-state index contributed by atoms with van der Waals surface area (Å²) in [6, 6.07) is 13.9. The first-order valence-electron chi connectivity index (χ1n) is 7.28. The molecule has 2 nitrogen and oxygen atoms in total. The van der Waals surface area contributed by atoms with Crippen molar-refractivity contribution >= 4 is 45.9 Å². The van der Waals surface area contributed by atoms with Crippen molar-refractivity contribution in [1.29, 1.82) is 0 Å². The third kappa shape index (κ3) is 2.92. The van der Waals surface area contributed by atoms with Crippen molar-refractivity contribution in [3.8, 4) is 10.4 Å². The molecule has 1 aliphatic rings. The van der Waals surface area contributed by atoms with E-state index in [2.05, 4.69) is 34.2 Å². The van der Waals surface area contributed by atoms with Crippen LogP contribution in [-0.2, 0) is 12.8 Å². The van der Waals surface area contributed by atoms with Gasteiger partial charge in [-0.05, 0) is 36.1 Å². The molecule has 23 heavy (non-hydrogen) atoms. The summed E-state index contributed by atoms with van der Waals surface area (Å²) in [5.41, 5.74) is 4.66. The molecule has 2 aromatic carbocycles. The fraction of sp³-hybridized carbons (Fsp3) is 0.111. The highest BCUT2D eigenvalue weighted by atomic mass is 35.5. The zero-order valence-corrected chi connectivity index (χ0v) is 14.4. The highest BCUT2D eigenvalue weighted by Gasteiger charge is 2.19. The first-order chi connectivity index (χ1) is 11.2. The molecule has 0 saturated carbocycles. The summed E-state index contributed by atoms with van der Waals surface area (Å²) in [6.07, 6.45) is 3.76. The topological polar surface area (TPSA) is 25.2 Å². The zero-order chi connectivity index (χ0) is 15.8. The molecule has 4 rings (SSSR count). The first-order valence-corrected chi connectivity index (χ1v) is 8.85. The van der Waals surface area contributed by atoms with Crippen LogP contribution in [0.15, 0.2) is 47.5 Å². The van der Waals surface area contributed by atoms with Gasteiger partial charge in [-0.3, -0.25) is 0 Å². The molecule has 0 unspecified atom stereocenters. The van der Waals surface area contributed by atoms with Crippen LogP contribution in [0, 0.1) is 0 Å². The molecule has 0 aliphatic heterocycles. The maximum Gasteiger partial charge on any atom is 0.209 e. The van der Waals surface area contributed by atoms with Gasteiger partial charge in [-0.2, -0.15) is 0 Å². The summed E-state index contributed by atoms with van der Waals surface area (Å²) >= 11 is 13.7. The van der Waals surface area contributed by atoms with Crippen molar-refractivity contribution in [2.24, 2.45) is 4.99 Å². The molecule has 0 saturated heterocycles. The lowest BCUT2D eigenvalue weighted by Crippen LogP contribution is -2.01. The molecule has 0 fully saturated rings. The minimum Gasteiger partial charge on any atom is -0.227 e. The number of hydrogen-bond acceptors (Lipinski definition) is 3. The van der Waals surface area contributed by atoms with Crippen LogP contribution in [0.2, 0.25) is 10.0 Å². The summed E-state index contributed by atoms with van der Waals surface area (Å²) in [4.78, 5) is 10.4. The predicted molar refractivity (Wildman–Crippen MR) is 98.7 cm³/mol. The smallest absolute Gasteiger partial charge is 0.209 e. The molecule has 5 heteroatoms. The SMILES string of the molecule is Clc1ccc(C=Nc2nc3c(s2)-c2ccccc2CC3)c(Cl)c1. The zero-order valence-electron chi connectivity index (χ0n) is 12.1. The Kier molecular flexibility index (Phi) is 3.93. The minimum absolute atomic E-state index is 0.591. The largest absolute Gasteiger partial charge is 0.227 e. The van der Waals surface area contributed by atoms with Crippen molar-refractivity contribution in [3.05, 3.63) is 69.3 Å². The number of halogens is 2. The highest BCUT2D eigenvalue weighted by Crippen LogP contribution is 2.40. The van der Waals surface area contributed by atoms with Gasteiger partial charge in [0.05, 0.1) is 15.6 Å². The Morgan fingerprint density at radius 2 is 1.96 bits per heavy atom. The molecule has 1 heterocycles. The van der Waals surface area contributed by atoms with Gasteiger partial charge in [0.1, 0.15) is 0 Å². The molecule has 0 amide bonds. The number of hydrogen-bond donors (Lipinski definition) is 0. The Labute approximate surface area is 148 Å². The monoisotopic (exact) mass is 358 g/mol. The van der Waals surface area contributed by atoms with E-state index in [0.717, 1.165) is 29.2 Å². The van der Waals surface area contributed by atoms with Gasteiger partial charge in [0.15, 0.2) is 0 Å². The van der Waals surface area contributed by atoms with Gasteiger partial charge in [-0.1, -0.05) is 64.9 Å². The van der Waals surface area contributed by atoms with Crippen LogP contribution in [0.3, 0.4) is 0 Å². The van der Waals surface area contributed by atoms with Crippen LogP contribution in [0.25, 0.3) is 10.4 Å². The first kappa shape index (κ1) is 14.9. The van der Waals surface area contributed by atoms with E-state index in [4.69, 9.17) is 23.2 Å². The lowest BCUT2D eigenvalue weighted by molar-refractivity contribution is 0.910. The Hall–Kier alpha value is -1.68. The molecule has 1 aliphatic carbocycles. The van der Waals surface area contributed by atoms with Crippen molar-refractivity contribution in [1.82, 2.24) is 4.98 Å². The third-order valence-electron chi connectivity index (χ3n) is 3.86. The van der Waals surface area contributed by atoms with E-state index in [1.54, 1.807) is 29.7 Å². The fourth-order valence-electron chi connectivity index (χ4n) is 2.72. The number of rotatable bonds is 2. The van der Waals surface area contributed by atoms with E-state index in [-0.39, 0.29) is 0 Å². The van der Waals surface area contributed by atoms with E-state index < -0.39 is 0 Å². The van der Waals surface area contributed by atoms with Gasteiger partial charge in [0.25, 0.3) is 0 Å². The van der Waals surface area contributed by atoms with Gasteiger partial charge >= 0.3 is 0 Å². The van der Waals surface area contributed by atoms with Crippen LogP contribution in [0.5, 0.6) is 0 Å². The summed E-state index contributed by atoms with van der Waals surface area (Å²) < 4.78 is 0. The van der Waals surface area contributed by atoms with Crippen molar-refractivity contribution in [2.45, 2.75) is 12.8 Å². The van der Waals surface area contributed by atoms with Crippen molar-refractivity contribution in [2.75, 3.05) is 0 Å². The number of aryl methyl sites for hydroxylation is 2. The van der Waals surface area contributed by atoms with E-state index in [0.29, 0.717) is 10.0 Å². The summed E-state index contributed by atoms with van der Waals surface area (Å²) in [7, 11) is 0. The van der Waals surface area contributed by atoms with Crippen LogP contribution < -0.4 is 0 Å². The number of aliphatic imine (C=N–C) groups is 1. The van der Waals surface area contributed by atoms with Gasteiger partial charge < -0.3 is 0 Å². The van der Waals surface area contributed by atoms with E-state index in [1.165, 1.54) is 16.0 Å². The van der Waals surface area contributed by atoms with Crippen LogP contribution >= 0.6 is 34.5 Å². The summed E-state index contributed by atoms with van der Waals surface area (Å²) in [6.45, 7) is 0. The molecule has 1 aromatic heterocycles. The molecule has 0 spiro atoms. The Morgan fingerprint density at radius 3 is 2.83 bits per heavy atom. The number of benzene rings is 2. The van der Waals surface area contributed by atoms with Gasteiger partial charge in [-0.25, -0.2) is 9.98 Å². The Bertz CT molecular complexity index is 915. The second kappa shape index (κ2) is 6.08. The summed E-state index contributed by atoms with van der Waals surface area (Å²) in [5.74, 6) is 0. The lowest BCUT2D eigenvalue weighted by Gasteiger charge is -2.13. The second-order valence-corrected chi connectivity index (χ2v) is 7.17. The van der Waals surface area contributed by atoms with Crippen molar-refractivity contribution < 1.29 is 0 Å². The highest BCUT2D eigenvalue weighted by molar-refractivity contribution is 7.18. The second-order valence-electron chi connectivity index (χ2n) is 5.35. The van der Waals surface area contributed by atoms with E-state index >= 15 is 0 Å². The molecule has 3 aromatic rings. The predicted octanol–water partition coefficient (Wildman–Crippen LogP) is 5.97. The number of nitrogens with zero attached hydrogens (tertiary/aromatic N) is 2. The average molecular weight is 359 g/mol. The standard InChI is InChI=1S/C18H12Cl2N2S/c19-13-7-5-12(15(20)9-13)10-21-18-22-16-8-6-11-3-1-2-4-14(11)17(16)23-18/h1-5,7,9-10H,6,8H2. The quantitative estimate of drug-likeness (QED) is 0.518. The third-order valence-corrected chi connectivity index (χ3v) is 5.46. The van der Waals surface area contributed by atoms with Gasteiger partial charge in [-0.15, -0.1) is 0 Å². The summed E-state index contributed by atoms with van der Waals surface area (Å²) in [5, 5.41) is 1.97. The minimum atomic E-state index is 0.591. The molecule has 0 N–H and O–H groups in total. The van der Waals surface area contributed by atoms with Crippen LogP contribution in [0.1, 0.15) is 16.8 Å². The van der Waals surface area contributed by atoms with Crippen molar-refractivity contribution in [3.63, 3.8) is 0 Å². The number of fused-ring (bicyclic) bond motifs is 3. The molecular weight excluding hydrogens is 347 g/mol. The maximum atomic E-state index is 6.17. The normalized spacial score (nSPS) is 13.1. The molecule has 0 atom stereocenters. The maximum absolute atomic E-state index is 6.17. The van der Waals surface area contributed by atoms with E-state index in [1.807, 2.05) is 6.07 Å². The Balaban J connectivity index is 1.68. The van der Waals surface area contributed by atoms with E-state index in [9.17, 15) is 0 Å². The number of aromatic nitrogens is 1. The fourth-order valence-corrected chi connectivity index (χ4v) is 4.19. The van der Waals surface area contributed by atoms with Crippen LogP contribution in [-0.4, -0.2) is 11.2 Å². The average Bonchev–Trinajstić information content (AvgIpc) is 2.97. The van der Waals surface area contributed by atoms with Crippen LogP contribution in [0.4, 0.5) is 5.13 Å². The van der Waals surface area contributed by atoms with Gasteiger partial charge in [0, 0.05) is 16.8 Å².